The van der Waals surface area contributed by atoms with Crippen molar-refractivity contribution >= 4 is 35.4 Å². The van der Waals surface area contributed by atoms with E-state index in [0.29, 0.717) is 39.3 Å². The van der Waals surface area contributed by atoms with Crippen LogP contribution in [0.4, 0.5) is 0 Å². The predicted molar refractivity (Wildman–Crippen MR) is 142 cm³/mol. The third kappa shape index (κ3) is 4.32. The first kappa shape index (κ1) is 25.9. The van der Waals surface area contributed by atoms with Gasteiger partial charge in [0.05, 0.1) is 34.1 Å². The standard InChI is InChI=1S/C26H20Cl2N4O5/c1-31-22(19(23(29)34)25(35)32(2)26(31)36)17-9-5-7-15(21(17)28)14-6-4-8-16(20(14)27)18-11-10-13(12-33)24(30-18)37-3/h4-12H,1-3H3,(H2,29,34). The Labute approximate surface area is 220 Å². The van der Waals surface area contributed by atoms with Crippen molar-refractivity contribution in [2.24, 2.45) is 19.8 Å². The summed E-state index contributed by atoms with van der Waals surface area (Å²) in [6.45, 7) is 0. The molecule has 2 aromatic heterocycles. The van der Waals surface area contributed by atoms with Gasteiger partial charge < -0.3 is 10.5 Å². The van der Waals surface area contributed by atoms with E-state index in [1.807, 2.05) is 0 Å². The van der Waals surface area contributed by atoms with Crippen molar-refractivity contribution in [3.8, 4) is 39.5 Å². The van der Waals surface area contributed by atoms with E-state index in [2.05, 4.69) is 4.98 Å². The molecule has 0 spiro atoms. The molecule has 0 aliphatic heterocycles. The molecular formula is C26H20Cl2N4O5. The van der Waals surface area contributed by atoms with Gasteiger partial charge >= 0.3 is 5.69 Å². The summed E-state index contributed by atoms with van der Waals surface area (Å²) in [7, 11) is 4.09. The fraction of sp³-hybridized carbons (Fsp3) is 0.115. The molecule has 4 aromatic rings. The number of benzene rings is 2. The molecule has 188 valence electrons. The number of hydrogen-bond acceptors (Lipinski definition) is 6. The molecule has 2 heterocycles. The quantitative estimate of drug-likeness (QED) is 0.373. The normalized spacial score (nSPS) is 10.8. The van der Waals surface area contributed by atoms with Crippen molar-refractivity contribution in [1.29, 1.82) is 0 Å². The second kappa shape index (κ2) is 10.0. The number of nitrogens with two attached hydrogens (primary N) is 1. The Balaban J connectivity index is 1.97. The fourth-order valence-electron chi connectivity index (χ4n) is 4.10. The number of amides is 1. The van der Waals surface area contributed by atoms with Gasteiger partial charge in [-0.2, -0.15) is 0 Å². The minimum Gasteiger partial charge on any atom is -0.480 e. The van der Waals surface area contributed by atoms with Gasteiger partial charge in [-0.25, -0.2) is 9.78 Å². The van der Waals surface area contributed by atoms with E-state index in [9.17, 15) is 19.2 Å². The number of aldehydes is 1. The topological polar surface area (TPSA) is 126 Å². The van der Waals surface area contributed by atoms with Crippen LogP contribution in [0.3, 0.4) is 0 Å². The van der Waals surface area contributed by atoms with Crippen LogP contribution in [0.25, 0.3) is 33.6 Å². The van der Waals surface area contributed by atoms with E-state index >= 15 is 0 Å². The Hall–Kier alpha value is -4.21. The summed E-state index contributed by atoms with van der Waals surface area (Å²) in [6, 6.07) is 13.4. The molecule has 0 unspecified atom stereocenters. The van der Waals surface area contributed by atoms with E-state index in [1.54, 1.807) is 48.5 Å². The van der Waals surface area contributed by atoms with Crippen LogP contribution >= 0.6 is 23.2 Å². The number of methoxy groups -OCH3 is 1. The number of aromatic nitrogens is 3. The number of rotatable bonds is 6. The number of hydrogen-bond donors (Lipinski definition) is 1. The summed E-state index contributed by atoms with van der Waals surface area (Å²) in [5.74, 6) is -0.842. The van der Waals surface area contributed by atoms with Gasteiger partial charge in [0.1, 0.15) is 5.56 Å². The van der Waals surface area contributed by atoms with Crippen molar-refractivity contribution in [1.82, 2.24) is 14.1 Å². The largest absolute Gasteiger partial charge is 0.480 e. The number of carbonyl (C=O) groups excluding carboxylic acids is 2. The van der Waals surface area contributed by atoms with Gasteiger partial charge in [-0.1, -0.05) is 59.6 Å². The molecule has 2 N–H and O–H groups in total. The minimum absolute atomic E-state index is 0.00409. The van der Waals surface area contributed by atoms with Gasteiger partial charge in [0, 0.05) is 36.3 Å². The summed E-state index contributed by atoms with van der Waals surface area (Å²) in [5, 5.41) is 0.456. The second-order valence-electron chi connectivity index (χ2n) is 8.04. The van der Waals surface area contributed by atoms with Gasteiger partial charge in [-0.3, -0.25) is 23.5 Å². The van der Waals surface area contributed by atoms with Gasteiger partial charge in [-0.15, -0.1) is 0 Å². The van der Waals surface area contributed by atoms with Crippen LogP contribution < -0.4 is 21.7 Å². The van der Waals surface area contributed by atoms with E-state index < -0.39 is 17.2 Å². The summed E-state index contributed by atoms with van der Waals surface area (Å²) < 4.78 is 7.16. The number of ether oxygens (including phenoxy) is 1. The highest BCUT2D eigenvalue weighted by Gasteiger charge is 2.24. The van der Waals surface area contributed by atoms with Gasteiger partial charge in [0.15, 0.2) is 6.29 Å². The smallest absolute Gasteiger partial charge is 0.330 e. The average Bonchev–Trinajstić information content (AvgIpc) is 2.89. The molecule has 0 aliphatic rings. The lowest BCUT2D eigenvalue weighted by atomic mass is 9.97. The highest BCUT2D eigenvalue weighted by Crippen LogP contribution is 2.42. The molecule has 37 heavy (non-hydrogen) atoms. The van der Waals surface area contributed by atoms with Crippen LogP contribution in [0.15, 0.2) is 58.1 Å². The summed E-state index contributed by atoms with van der Waals surface area (Å²) in [5.41, 5.74) is 6.24. The lowest BCUT2D eigenvalue weighted by Crippen LogP contribution is -2.42. The molecule has 1 amide bonds. The Morgan fingerprint density at radius 3 is 2.05 bits per heavy atom. The minimum atomic E-state index is -0.994. The van der Waals surface area contributed by atoms with Crippen LogP contribution in [-0.2, 0) is 14.1 Å². The third-order valence-electron chi connectivity index (χ3n) is 5.94. The summed E-state index contributed by atoms with van der Waals surface area (Å²) >= 11 is 13.6. The van der Waals surface area contributed by atoms with Crippen LogP contribution in [0, 0.1) is 0 Å². The van der Waals surface area contributed by atoms with Gasteiger partial charge in [0.25, 0.3) is 11.5 Å². The number of carbonyl (C=O) groups is 2. The first-order valence-electron chi connectivity index (χ1n) is 10.8. The molecule has 0 aliphatic carbocycles. The van der Waals surface area contributed by atoms with E-state index in [1.165, 1.54) is 21.2 Å². The first-order chi connectivity index (χ1) is 17.6. The second-order valence-corrected chi connectivity index (χ2v) is 8.80. The molecule has 0 bridgehead atoms. The number of pyridine rings is 1. The molecule has 0 saturated carbocycles. The predicted octanol–water partition coefficient (Wildman–Crippen LogP) is 3.71. The fourth-order valence-corrected chi connectivity index (χ4v) is 4.74. The van der Waals surface area contributed by atoms with Crippen molar-refractivity contribution in [2.45, 2.75) is 0 Å². The molecule has 4 rings (SSSR count). The molecule has 11 heteroatoms. The zero-order chi connectivity index (χ0) is 27.0. The van der Waals surface area contributed by atoms with E-state index in [-0.39, 0.29) is 27.7 Å². The Morgan fingerprint density at radius 1 is 0.919 bits per heavy atom. The maximum absolute atomic E-state index is 12.7. The lowest BCUT2D eigenvalue weighted by molar-refractivity contribution is 0.0997. The Bertz CT molecular complexity index is 1710. The van der Waals surface area contributed by atoms with Crippen molar-refractivity contribution in [3.05, 3.63) is 90.5 Å². The molecular weight excluding hydrogens is 519 g/mol. The van der Waals surface area contributed by atoms with Gasteiger partial charge in [0.2, 0.25) is 5.88 Å². The van der Waals surface area contributed by atoms with Crippen LogP contribution in [0.5, 0.6) is 5.88 Å². The zero-order valence-corrected chi connectivity index (χ0v) is 21.4. The molecule has 0 radical (unpaired) electrons. The SMILES string of the molecule is COc1nc(-c2cccc(-c3cccc(-c4c(C(N)=O)c(=O)n(C)c(=O)n4C)c3Cl)c2Cl)ccc1C=O. The molecule has 2 aromatic carbocycles. The van der Waals surface area contributed by atoms with E-state index in [4.69, 9.17) is 33.7 Å². The van der Waals surface area contributed by atoms with Crippen molar-refractivity contribution in [3.63, 3.8) is 0 Å². The lowest BCUT2D eigenvalue weighted by Gasteiger charge is -2.17. The number of halogens is 2. The molecule has 0 atom stereocenters. The van der Waals surface area contributed by atoms with Crippen LogP contribution in [-0.4, -0.2) is 33.4 Å². The highest BCUT2D eigenvalue weighted by molar-refractivity contribution is 6.39. The third-order valence-corrected chi connectivity index (χ3v) is 6.75. The number of primary amides is 1. The average molecular weight is 539 g/mol. The van der Waals surface area contributed by atoms with Crippen molar-refractivity contribution in [2.75, 3.05) is 7.11 Å². The maximum Gasteiger partial charge on any atom is 0.330 e. The summed E-state index contributed by atoms with van der Waals surface area (Å²) in [4.78, 5) is 53.3. The summed E-state index contributed by atoms with van der Waals surface area (Å²) in [6.07, 6.45) is 0.642. The monoisotopic (exact) mass is 538 g/mol. The molecule has 9 nitrogen and oxygen atoms in total. The van der Waals surface area contributed by atoms with Crippen LogP contribution in [0.1, 0.15) is 20.7 Å². The Morgan fingerprint density at radius 2 is 1.49 bits per heavy atom. The number of nitrogens with zero attached hydrogens (tertiary/aromatic N) is 3. The van der Waals surface area contributed by atoms with E-state index in [0.717, 1.165) is 9.13 Å². The molecule has 0 fully saturated rings. The first-order valence-corrected chi connectivity index (χ1v) is 11.6. The zero-order valence-electron chi connectivity index (χ0n) is 19.9. The van der Waals surface area contributed by atoms with Gasteiger partial charge in [-0.05, 0) is 12.1 Å². The van der Waals surface area contributed by atoms with Crippen LogP contribution in [0.2, 0.25) is 10.0 Å². The maximum atomic E-state index is 12.7. The van der Waals surface area contributed by atoms with Crippen molar-refractivity contribution < 1.29 is 14.3 Å². The highest BCUT2D eigenvalue weighted by atomic mass is 35.5. The molecule has 0 saturated heterocycles. The Kier molecular flexibility index (Phi) is 7.02.